The number of hydrogen-bond acceptors (Lipinski definition) is 3. The van der Waals surface area contributed by atoms with E-state index < -0.39 is 5.97 Å². The maximum absolute atomic E-state index is 10.7. The molecule has 1 saturated carbocycles. The highest BCUT2D eigenvalue weighted by Crippen LogP contribution is 2.34. The van der Waals surface area contributed by atoms with Crippen molar-refractivity contribution in [3.63, 3.8) is 0 Å². The van der Waals surface area contributed by atoms with Crippen molar-refractivity contribution in [2.24, 2.45) is 5.92 Å². The van der Waals surface area contributed by atoms with Crippen LogP contribution >= 0.6 is 22.6 Å². The number of alkyl halides is 1. The van der Waals surface area contributed by atoms with Gasteiger partial charge >= 0.3 is 5.97 Å². The Morgan fingerprint density at radius 2 is 2.36 bits per heavy atom. The van der Waals surface area contributed by atoms with Crippen molar-refractivity contribution in [3.8, 4) is 0 Å². The van der Waals surface area contributed by atoms with Crippen LogP contribution in [-0.2, 0) is 9.68 Å². The Balaban J connectivity index is 2.08. The fraction of sp³-hybridized carbons (Fsp3) is 0.857. The van der Waals surface area contributed by atoms with Crippen molar-refractivity contribution in [1.29, 1.82) is 0 Å². The molecule has 0 bridgehead atoms. The summed E-state index contributed by atoms with van der Waals surface area (Å²) in [5, 5.41) is 8.03. The average Bonchev–Trinajstić information content (AvgIpc) is 2.81. The van der Waals surface area contributed by atoms with Crippen LogP contribution in [0.2, 0.25) is 0 Å². The van der Waals surface area contributed by atoms with Crippen LogP contribution in [0.15, 0.2) is 0 Å². The Morgan fingerprint density at radius 1 is 1.73 bits per heavy atom. The van der Waals surface area contributed by atoms with Crippen LogP contribution in [0, 0.1) is 5.92 Å². The first-order chi connectivity index (χ1) is 5.24. The van der Waals surface area contributed by atoms with Gasteiger partial charge in [0.15, 0.2) is 0 Å². The van der Waals surface area contributed by atoms with Crippen molar-refractivity contribution in [2.45, 2.75) is 29.6 Å². The van der Waals surface area contributed by atoms with E-state index in [1.165, 1.54) is 12.8 Å². The lowest BCUT2D eigenvalue weighted by Gasteiger charge is -2.03. The van der Waals surface area contributed by atoms with Crippen molar-refractivity contribution in [2.75, 3.05) is 0 Å². The van der Waals surface area contributed by atoms with E-state index >= 15 is 0 Å². The molecule has 0 aliphatic heterocycles. The second-order valence-corrected chi connectivity index (χ2v) is 4.40. The van der Waals surface area contributed by atoms with Crippen LogP contribution in [0.4, 0.5) is 0 Å². The lowest BCUT2D eigenvalue weighted by atomic mass is 10.2. The predicted octanol–water partition coefficient (Wildman–Crippen LogP) is 2.00. The Morgan fingerprint density at radius 3 is 2.82 bits per heavy atom. The largest absolute Gasteiger partial charge is 0.354 e. The summed E-state index contributed by atoms with van der Waals surface area (Å²) >= 11 is 1.99. The smallest absolute Gasteiger partial charge is 0.300 e. The van der Waals surface area contributed by atoms with Gasteiger partial charge in [-0.3, -0.25) is 4.89 Å². The Bertz CT molecular complexity index is 145. The van der Waals surface area contributed by atoms with Crippen molar-refractivity contribution in [3.05, 3.63) is 0 Å². The zero-order valence-corrected chi connectivity index (χ0v) is 8.28. The maximum atomic E-state index is 10.7. The van der Waals surface area contributed by atoms with Gasteiger partial charge in [0.2, 0.25) is 0 Å². The van der Waals surface area contributed by atoms with E-state index in [-0.39, 0.29) is 3.92 Å². The van der Waals surface area contributed by atoms with Crippen LogP contribution in [0.1, 0.15) is 25.7 Å². The molecule has 0 radical (unpaired) electrons. The molecule has 0 heterocycles. The summed E-state index contributed by atoms with van der Waals surface area (Å²) in [5.41, 5.74) is 0. The number of carbonyl (C=O) groups is 1. The summed E-state index contributed by atoms with van der Waals surface area (Å²) in [6.07, 6.45) is 4.52. The number of halogens is 1. The topological polar surface area (TPSA) is 46.5 Å². The molecule has 0 amide bonds. The van der Waals surface area contributed by atoms with Gasteiger partial charge in [-0.25, -0.2) is 4.79 Å². The molecule has 0 saturated heterocycles. The molecule has 11 heavy (non-hydrogen) atoms. The third kappa shape index (κ3) is 3.37. The van der Waals surface area contributed by atoms with Crippen molar-refractivity contribution >= 4 is 28.6 Å². The van der Waals surface area contributed by atoms with E-state index in [1.807, 2.05) is 22.6 Å². The molecule has 1 aliphatic carbocycles. The summed E-state index contributed by atoms with van der Waals surface area (Å²) in [7, 11) is 0. The number of rotatable bonds is 4. The minimum atomic E-state index is -0.522. The molecule has 0 spiro atoms. The molecule has 1 aliphatic rings. The van der Waals surface area contributed by atoms with E-state index in [0.717, 1.165) is 18.8 Å². The standard InChI is InChI=1S/C7H11IO3/c8-6(7(9)11-10)4-3-5-1-2-5/h5-6,10H,1-4H2. The van der Waals surface area contributed by atoms with Gasteiger partial charge in [0.05, 0.1) is 0 Å². The molecule has 1 fully saturated rings. The first-order valence-corrected chi connectivity index (χ1v) is 4.98. The zero-order valence-electron chi connectivity index (χ0n) is 6.12. The molecule has 0 aromatic heterocycles. The SMILES string of the molecule is O=C(OO)C(I)CCC1CC1. The van der Waals surface area contributed by atoms with Gasteiger partial charge in [-0.1, -0.05) is 35.4 Å². The summed E-state index contributed by atoms with van der Waals surface area (Å²) in [6.45, 7) is 0. The highest BCUT2D eigenvalue weighted by Gasteiger charge is 2.24. The third-order valence-corrected chi connectivity index (χ3v) is 3.00. The lowest BCUT2D eigenvalue weighted by Crippen LogP contribution is -2.15. The van der Waals surface area contributed by atoms with Gasteiger partial charge in [-0.2, -0.15) is 5.26 Å². The molecule has 1 unspecified atom stereocenters. The van der Waals surface area contributed by atoms with Crippen LogP contribution < -0.4 is 0 Å². The summed E-state index contributed by atoms with van der Waals surface area (Å²) in [5.74, 6) is 0.310. The van der Waals surface area contributed by atoms with Gasteiger partial charge < -0.3 is 0 Å². The second-order valence-electron chi connectivity index (χ2n) is 2.90. The zero-order chi connectivity index (χ0) is 8.27. The number of hydrogen-bond donors (Lipinski definition) is 1. The first-order valence-electron chi connectivity index (χ1n) is 3.73. The van der Waals surface area contributed by atoms with Crippen LogP contribution in [0.5, 0.6) is 0 Å². The van der Waals surface area contributed by atoms with E-state index in [4.69, 9.17) is 5.26 Å². The Kier molecular flexibility index (Phi) is 3.58. The molecule has 3 nitrogen and oxygen atoms in total. The van der Waals surface area contributed by atoms with E-state index in [9.17, 15) is 4.79 Å². The summed E-state index contributed by atoms with van der Waals surface area (Å²) in [4.78, 5) is 14.3. The van der Waals surface area contributed by atoms with Crippen LogP contribution in [0.3, 0.4) is 0 Å². The Labute approximate surface area is 79.2 Å². The highest BCUT2D eigenvalue weighted by atomic mass is 127. The van der Waals surface area contributed by atoms with Crippen molar-refractivity contribution in [1.82, 2.24) is 0 Å². The van der Waals surface area contributed by atoms with Crippen LogP contribution in [-0.4, -0.2) is 15.2 Å². The van der Waals surface area contributed by atoms with Crippen molar-refractivity contribution < 1.29 is 14.9 Å². The molecule has 0 aromatic rings. The summed E-state index contributed by atoms with van der Waals surface area (Å²) in [6, 6.07) is 0. The monoisotopic (exact) mass is 270 g/mol. The van der Waals surface area contributed by atoms with Crippen LogP contribution in [0.25, 0.3) is 0 Å². The maximum Gasteiger partial charge on any atom is 0.354 e. The third-order valence-electron chi connectivity index (χ3n) is 1.87. The van der Waals surface area contributed by atoms with E-state index in [0.29, 0.717) is 0 Å². The molecule has 4 heteroatoms. The average molecular weight is 270 g/mol. The minimum absolute atomic E-state index is 0.182. The molecular weight excluding hydrogens is 259 g/mol. The molecule has 64 valence electrons. The fourth-order valence-corrected chi connectivity index (χ4v) is 1.44. The van der Waals surface area contributed by atoms with E-state index in [1.54, 1.807) is 0 Å². The molecular formula is C7H11IO3. The quantitative estimate of drug-likeness (QED) is 0.368. The van der Waals surface area contributed by atoms with Gasteiger partial charge in [0, 0.05) is 0 Å². The second kappa shape index (κ2) is 4.25. The molecule has 1 atom stereocenters. The lowest BCUT2D eigenvalue weighted by molar-refractivity contribution is -0.233. The van der Waals surface area contributed by atoms with Gasteiger partial charge in [-0.05, 0) is 18.8 Å². The van der Waals surface area contributed by atoms with Gasteiger partial charge in [0.25, 0.3) is 0 Å². The predicted molar refractivity (Wildman–Crippen MR) is 48.5 cm³/mol. The van der Waals surface area contributed by atoms with Gasteiger partial charge in [-0.15, -0.1) is 0 Å². The first kappa shape index (κ1) is 9.25. The number of carbonyl (C=O) groups excluding carboxylic acids is 1. The molecule has 1 N–H and O–H groups in total. The Hall–Kier alpha value is 0.160. The molecule has 1 rings (SSSR count). The normalized spacial score (nSPS) is 19.5. The minimum Gasteiger partial charge on any atom is -0.300 e. The van der Waals surface area contributed by atoms with Gasteiger partial charge in [0.1, 0.15) is 3.92 Å². The highest BCUT2D eigenvalue weighted by molar-refractivity contribution is 14.1. The molecule has 0 aromatic carbocycles. The van der Waals surface area contributed by atoms with E-state index in [2.05, 4.69) is 4.89 Å². The summed E-state index contributed by atoms with van der Waals surface area (Å²) < 4.78 is -0.182. The fourth-order valence-electron chi connectivity index (χ4n) is 0.964.